The highest BCUT2D eigenvalue weighted by Gasteiger charge is 2.32. The number of methoxy groups -OCH3 is 2. The van der Waals surface area contributed by atoms with Crippen molar-refractivity contribution in [2.24, 2.45) is 0 Å². The Morgan fingerprint density at radius 1 is 0.795 bits per heavy atom. The summed E-state index contributed by atoms with van der Waals surface area (Å²) in [4.78, 5) is 7.97. The van der Waals surface area contributed by atoms with Gasteiger partial charge in [0.2, 0.25) is 0 Å². The van der Waals surface area contributed by atoms with Crippen LogP contribution in [0.15, 0.2) is 72.9 Å². The first kappa shape index (κ1) is 28.0. The van der Waals surface area contributed by atoms with Crippen LogP contribution >= 0.6 is 0 Å². The third-order valence-corrected chi connectivity index (χ3v) is 6.39. The van der Waals surface area contributed by atoms with E-state index >= 15 is 0 Å². The molecular weight excluding hydrogens is 496 g/mol. The first-order valence-electron chi connectivity index (χ1n) is 12.7. The van der Waals surface area contributed by atoms with Crippen LogP contribution in [-0.2, 0) is 0 Å². The molecule has 0 amide bonds. The molecule has 206 valence electrons. The lowest BCUT2D eigenvalue weighted by Crippen LogP contribution is -2.36. The van der Waals surface area contributed by atoms with E-state index in [-0.39, 0.29) is 6.61 Å². The van der Waals surface area contributed by atoms with Crippen molar-refractivity contribution in [1.82, 2.24) is 9.97 Å². The van der Waals surface area contributed by atoms with Gasteiger partial charge in [0, 0.05) is 17.3 Å². The molecule has 0 aliphatic rings. The Bertz CT molecular complexity index is 1380. The molecule has 8 nitrogen and oxygen atoms in total. The third-order valence-electron chi connectivity index (χ3n) is 6.39. The molecule has 0 bridgehead atoms. The molecule has 1 unspecified atom stereocenters. The number of aromatic amines is 1. The number of aliphatic hydroxyl groups is 2. The molecule has 39 heavy (non-hydrogen) atoms. The summed E-state index contributed by atoms with van der Waals surface area (Å²) in [6.45, 7) is 7.26. The minimum atomic E-state index is -0.915. The van der Waals surface area contributed by atoms with Crippen LogP contribution in [0.25, 0.3) is 22.6 Å². The van der Waals surface area contributed by atoms with E-state index in [1.165, 1.54) is 0 Å². The lowest BCUT2D eigenvalue weighted by molar-refractivity contribution is -0.0302. The van der Waals surface area contributed by atoms with Crippen LogP contribution in [0.2, 0.25) is 0 Å². The topological polar surface area (TPSA) is 106 Å². The number of H-pyrrole nitrogens is 1. The van der Waals surface area contributed by atoms with Crippen molar-refractivity contribution in [1.29, 1.82) is 0 Å². The van der Waals surface area contributed by atoms with Gasteiger partial charge in [-0.2, -0.15) is 0 Å². The number of imidazole rings is 1. The predicted octanol–water partition coefficient (Wildman–Crippen LogP) is 5.80. The maximum absolute atomic E-state index is 11.1. The molecule has 4 rings (SSSR count). The van der Waals surface area contributed by atoms with Gasteiger partial charge in [-0.05, 0) is 93.9 Å². The van der Waals surface area contributed by atoms with Gasteiger partial charge in [0.15, 0.2) is 11.5 Å². The first-order chi connectivity index (χ1) is 18.5. The molecule has 0 fully saturated rings. The third kappa shape index (κ3) is 6.53. The Morgan fingerprint density at radius 2 is 1.38 bits per heavy atom. The molecule has 8 heteroatoms. The van der Waals surface area contributed by atoms with Crippen molar-refractivity contribution in [2.75, 3.05) is 20.8 Å². The number of nitrogens with one attached hydrogen (secondary N) is 1. The molecule has 1 atom stereocenters. The van der Waals surface area contributed by atoms with E-state index in [1.54, 1.807) is 32.4 Å². The summed E-state index contributed by atoms with van der Waals surface area (Å²) in [7, 11) is 3.13. The Labute approximate surface area is 229 Å². The van der Waals surface area contributed by atoms with Crippen molar-refractivity contribution >= 4 is 0 Å². The number of rotatable bonds is 11. The van der Waals surface area contributed by atoms with E-state index in [4.69, 9.17) is 23.9 Å². The quantitative estimate of drug-likeness (QED) is 0.224. The van der Waals surface area contributed by atoms with Crippen LogP contribution in [0.4, 0.5) is 0 Å². The highest BCUT2D eigenvalue weighted by Crippen LogP contribution is 2.36. The molecule has 3 aromatic carbocycles. The van der Waals surface area contributed by atoms with Crippen LogP contribution in [-0.4, -0.2) is 52.2 Å². The molecule has 0 aliphatic heterocycles. The van der Waals surface area contributed by atoms with Gasteiger partial charge < -0.3 is 34.1 Å². The molecule has 3 N–H and O–H groups in total. The number of hydrogen-bond donors (Lipinski definition) is 3. The zero-order chi connectivity index (χ0) is 28.2. The molecule has 1 aromatic heterocycles. The van der Waals surface area contributed by atoms with Gasteiger partial charge in [0.25, 0.3) is 0 Å². The van der Waals surface area contributed by atoms with Crippen molar-refractivity contribution < 1.29 is 29.2 Å². The molecule has 0 saturated carbocycles. The highest BCUT2D eigenvalue weighted by atomic mass is 16.5. The zero-order valence-corrected chi connectivity index (χ0v) is 23.2. The normalized spacial score (nSPS) is 12.6. The largest absolute Gasteiger partial charge is 0.493 e. The summed E-state index contributed by atoms with van der Waals surface area (Å²) in [6.07, 6.45) is 0.951. The van der Waals surface area contributed by atoms with Gasteiger partial charge in [0.1, 0.15) is 34.6 Å². The van der Waals surface area contributed by atoms with E-state index in [0.29, 0.717) is 28.6 Å². The molecular formula is C31H36N2O6. The van der Waals surface area contributed by atoms with Gasteiger partial charge in [0.05, 0.1) is 26.5 Å². The molecule has 1 heterocycles. The smallest absolute Gasteiger partial charge is 0.161 e. The Kier molecular flexibility index (Phi) is 8.18. The van der Waals surface area contributed by atoms with Crippen molar-refractivity contribution in [3.63, 3.8) is 0 Å². The fourth-order valence-corrected chi connectivity index (χ4v) is 4.13. The predicted molar refractivity (Wildman–Crippen MR) is 150 cm³/mol. The summed E-state index contributed by atoms with van der Waals surface area (Å²) >= 11 is 0. The summed E-state index contributed by atoms with van der Waals surface area (Å²) in [5, 5.41) is 20.5. The summed E-state index contributed by atoms with van der Waals surface area (Å²) in [5.74, 6) is 3.17. The Hall–Kier alpha value is -4.01. The molecule has 0 saturated heterocycles. The number of aliphatic hydroxyl groups excluding tert-OH is 2. The van der Waals surface area contributed by atoms with Gasteiger partial charge in [-0.1, -0.05) is 6.07 Å². The van der Waals surface area contributed by atoms with Gasteiger partial charge in [-0.15, -0.1) is 0 Å². The maximum Gasteiger partial charge on any atom is 0.161 e. The number of ether oxygens (including phenoxy) is 4. The van der Waals surface area contributed by atoms with E-state index in [1.807, 2.05) is 82.4 Å². The van der Waals surface area contributed by atoms with Crippen LogP contribution in [0.1, 0.15) is 39.4 Å². The monoisotopic (exact) mass is 532 g/mol. The second-order valence-corrected chi connectivity index (χ2v) is 10.4. The average Bonchev–Trinajstić information content (AvgIpc) is 3.43. The number of aromatic nitrogens is 2. The Balaban J connectivity index is 1.44. The molecule has 4 aromatic rings. The minimum Gasteiger partial charge on any atom is -0.493 e. The lowest BCUT2D eigenvalue weighted by Gasteiger charge is -2.32. The second kappa shape index (κ2) is 11.4. The van der Waals surface area contributed by atoms with Crippen molar-refractivity contribution in [2.45, 2.75) is 45.0 Å². The summed E-state index contributed by atoms with van der Waals surface area (Å²) in [6, 6.07) is 20.5. The van der Waals surface area contributed by atoms with Gasteiger partial charge in [-0.3, -0.25) is 0 Å². The average molecular weight is 533 g/mol. The fraction of sp³-hybridized carbons (Fsp3) is 0.323. The zero-order valence-electron chi connectivity index (χ0n) is 23.2. The van der Waals surface area contributed by atoms with Crippen molar-refractivity contribution in [3.05, 3.63) is 78.5 Å². The lowest BCUT2D eigenvalue weighted by atomic mass is 9.94. The summed E-state index contributed by atoms with van der Waals surface area (Å²) in [5.41, 5.74) is 1.75. The van der Waals surface area contributed by atoms with Crippen LogP contribution < -0.4 is 18.9 Å². The van der Waals surface area contributed by atoms with E-state index in [2.05, 4.69) is 4.98 Å². The van der Waals surface area contributed by atoms with E-state index < -0.39 is 17.3 Å². The molecule has 0 radical (unpaired) electrons. The number of nitrogens with zero attached hydrogens (tertiary/aromatic N) is 1. The van der Waals surface area contributed by atoms with Crippen LogP contribution in [0.5, 0.6) is 23.0 Å². The molecule has 0 spiro atoms. The molecule has 0 aliphatic carbocycles. The standard InChI is InChI=1S/C31H36N2O6/c1-30(2,19-34)38-23-12-7-20(8-13-23)25-18-32-29(33-25)21-9-14-24(15-10-21)39-31(3,4)28(35)22-11-16-26(36-5)27(17-22)37-6/h7-18,28,34-35H,19H2,1-6H3,(H,32,33). The number of benzene rings is 3. The van der Waals surface area contributed by atoms with Crippen molar-refractivity contribution in [3.8, 4) is 45.6 Å². The Morgan fingerprint density at radius 3 is 1.97 bits per heavy atom. The fourth-order valence-electron chi connectivity index (χ4n) is 4.13. The summed E-state index contributed by atoms with van der Waals surface area (Å²) < 4.78 is 22.7. The highest BCUT2D eigenvalue weighted by molar-refractivity contribution is 5.65. The van der Waals surface area contributed by atoms with E-state index in [9.17, 15) is 10.2 Å². The van der Waals surface area contributed by atoms with Crippen LogP contribution in [0, 0.1) is 0 Å². The first-order valence-corrected chi connectivity index (χ1v) is 12.7. The second-order valence-electron chi connectivity index (χ2n) is 10.4. The van der Waals surface area contributed by atoms with E-state index in [0.717, 1.165) is 22.6 Å². The minimum absolute atomic E-state index is 0.0721. The van der Waals surface area contributed by atoms with Gasteiger partial charge in [-0.25, -0.2) is 4.98 Å². The van der Waals surface area contributed by atoms with Gasteiger partial charge >= 0.3 is 0 Å². The SMILES string of the molecule is COc1ccc(C(O)C(C)(C)Oc2ccc(-c3nc(-c4ccc(OC(C)(C)CO)cc4)c[nH]3)cc2)cc1OC. The van der Waals surface area contributed by atoms with Crippen LogP contribution in [0.3, 0.4) is 0 Å². The maximum atomic E-state index is 11.1. The number of hydrogen-bond acceptors (Lipinski definition) is 7.